The van der Waals surface area contributed by atoms with Crippen molar-refractivity contribution < 1.29 is 4.79 Å². The Morgan fingerprint density at radius 1 is 1.17 bits per heavy atom. The number of H-pyrrole nitrogens is 1. The number of hydrogen-bond acceptors (Lipinski definition) is 2. The molecule has 0 spiro atoms. The predicted octanol–water partition coefficient (Wildman–Crippen LogP) is 2.79. The van der Waals surface area contributed by atoms with Crippen molar-refractivity contribution in [3.8, 4) is 0 Å². The molecule has 0 radical (unpaired) electrons. The first-order valence-corrected chi connectivity index (χ1v) is 7.58. The van der Waals surface area contributed by atoms with Gasteiger partial charge in [-0.2, -0.15) is 0 Å². The minimum Gasteiger partial charge on any atom is -0.361 e. The molecule has 2 N–H and O–H groups in total. The first-order valence-electron chi connectivity index (χ1n) is 7.58. The molecule has 0 saturated carbocycles. The lowest BCUT2D eigenvalue weighted by molar-refractivity contribution is 0.0948. The average Bonchev–Trinajstić information content (AvgIpc) is 3.21. The molecule has 0 bridgehead atoms. The van der Waals surface area contributed by atoms with E-state index < -0.39 is 0 Å². The summed E-state index contributed by atoms with van der Waals surface area (Å²) in [6.07, 6.45) is 6.28. The molecule has 1 amide bonds. The van der Waals surface area contributed by atoms with Crippen LogP contribution in [-0.4, -0.2) is 26.8 Å². The van der Waals surface area contributed by atoms with Crippen molar-refractivity contribution in [2.45, 2.75) is 6.42 Å². The van der Waals surface area contributed by atoms with Crippen molar-refractivity contribution in [3.05, 3.63) is 72.3 Å². The van der Waals surface area contributed by atoms with E-state index in [4.69, 9.17) is 0 Å². The number of aromatic amines is 1. The van der Waals surface area contributed by atoms with Crippen LogP contribution in [-0.2, 0) is 6.42 Å². The van der Waals surface area contributed by atoms with Gasteiger partial charge in [-0.25, -0.2) is 4.98 Å². The summed E-state index contributed by atoms with van der Waals surface area (Å²) in [5, 5.41) is 4.19. The molecule has 4 aromatic rings. The van der Waals surface area contributed by atoms with E-state index in [9.17, 15) is 4.79 Å². The van der Waals surface area contributed by atoms with Crippen LogP contribution in [0, 0.1) is 0 Å². The van der Waals surface area contributed by atoms with Gasteiger partial charge in [0.1, 0.15) is 11.3 Å². The van der Waals surface area contributed by atoms with Crippen LogP contribution >= 0.6 is 0 Å². The third-order valence-electron chi connectivity index (χ3n) is 4.02. The Bertz CT molecular complexity index is 983. The summed E-state index contributed by atoms with van der Waals surface area (Å²) in [6, 6.07) is 13.7. The number of aromatic nitrogens is 3. The molecule has 0 fully saturated rings. The minimum absolute atomic E-state index is 0.0894. The second kappa shape index (κ2) is 5.61. The Hall–Kier alpha value is -3.08. The lowest BCUT2D eigenvalue weighted by Crippen LogP contribution is -2.27. The standard InChI is InChI=1S/C18H16N4O/c23-18(16-6-3-7-17-19-10-11-22(16)17)20-9-8-13-12-21-15-5-2-1-4-14(13)15/h1-7,10-12,21H,8-9H2,(H,20,23). The van der Waals surface area contributed by atoms with Gasteiger partial charge < -0.3 is 10.3 Å². The molecule has 5 nitrogen and oxygen atoms in total. The fourth-order valence-electron chi connectivity index (χ4n) is 2.87. The summed E-state index contributed by atoms with van der Waals surface area (Å²) in [4.78, 5) is 19.8. The fourth-order valence-corrected chi connectivity index (χ4v) is 2.87. The third kappa shape index (κ3) is 2.46. The van der Waals surface area contributed by atoms with E-state index in [1.165, 1.54) is 10.9 Å². The molecule has 0 aliphatic heterocycles. The lowest BCUT2D eigenvalue weighted by atomic mass is 10.1. The van der Waals surface area contributed by atoms with Crippen molar-refractivity contribution in [1.29, 1.82) is 0 Å². The topological polar surface area (TPSA) is 62.2 Å². The number of imidazole rings is 1. The lowest BCUT2D eigenvalue weighted by Gasteiger charge is -2.07. The summed E-state index contributed by atoms with van der Waals surface area (Å²) in [5.41, 5.74) is 3.70. The maximum atomic E-state index is 12.4. The number of benzene rings is 1. The highest BCUT2D eigenvalue weighted by atomic mass is 16.1. The predicted molar refractivity (Wildman–Crippen MR) is 89.5 cm³/mol. The number of para-hydroxylation sites is 1. The molecule has 4 rings (SSSR count). The first-order chi connectivity index (χ1) is 11.3. The van der Waals surface area contributed by atoms with Gasteiger partial charge >= 0.3 is 0 Å². The SMILES string of the molecule is O=C(NCCc1c[nH]c2ccccc12)c1cccc2nccn12. The zero-order chi connectivity index (χ0) is 15.6. The van der Waals surface area contributed by atoms with Crippen LogP contribution in [0.15, 0.2) is 61.1 Å². The highest BCUT2D eigenvalue weighted by molar-refractivity contribution is 5.93. The summed E-state index contributed by atoms with van der Waals surface area (Å²) >= 11 is 0. The fraction of sp³-hybridized carbons (Fsp3) is 0.111. The molecule has 0 saturated heterocycles. The van der Waals surface area contributed by atoms with Crippen molar-refractivity contribution in [2.75, 3.05) is 6.54 Å². The molecule has 3 aromatic heterocycles. The molecule has 0 atom stereocenters. The number of nitrogens with zero attached hydrogens (tertiary/aromatic N) is 2. The Morgan fingerprint density at radius 3 is 3.04 bits per heavy atom. The maximum absolute atomic E-state index is 12.4. The number of hydrogen-bond donors (Lipinski definition) is 2. The number of carbonyl (C=O) groups is 1. The summed E-state index contributed by atoms with van der Waals surface area (Å²) in [5.74, 6) is -0.0894. The van der Waals surface area contributed by atoms with E-state index in [2.05, 4.69) is 27.4 Å². The number of nitrogens with one attached hydrogen (secondary N) is 2. The van der Waals surface area contributed by atoms with E-state index in [0.29, 0.717) is 12.2 Å². The Morgan fingerprint density at radius 2 is 2.09 bits per heavy atom. The van der Waals surface area contributed by atoms with E-state index in [0.717, 1.165) is 17.6 Å². The van der Waals surface area contributed by atoms with Gasteiger partial charge in [0.25, 0.3) is 5.91 Å². The minimum atomic E-state index is -0.0894. The Labute approximate surface area is 133 Å². The van der Waals surface area contributed by atoms with E-state index in [1.807, 2.05) is 30.5 Å². The van der Waals surface area contributed by atoms with Crippen LogP contribution in [0.1, 0.15) is 16.1 Å². The molecule has 114 valence electrons. The number of rotatable bonds is 4. The van der Waals surface area contributed by atoms with Crippen LogP contribution in [0.4, 0.5) is 0 Å². The van der Waals surface area contributed by atoms with Crippen molar-refractivity contribution in [2.24, 2.45) is 0 Å². The van der Waals surface area contributed by atoms with Crippen molar-refractivity contribution in [1.82, 2.24) is 19.7 Å². The van der Waals surface area contributed by atoms with Crippen LogP contribution < -0.4 is 5.32 Å². The molecule has 23 heavy (non-hydrogen) atoms. The van der Waals surface area contributed by atoms with Gasteiger partial charge in [-0.1, -0.05) is 24.3 Å². The van der Waals surface area contributed by atoms with E-state index in [1.54, 1.807) is 22.9 Å². The molecule has 0 aliphatic carbocycles. The Kier molecular flexibility index (Phi) is 3.31. The molecular formula is C18H16N4O. The largest absolute Gasteiger partial charge is 0.361 e. The van der Waals surface area contributed by atoms with E-state index >= 15 is 0 Å². The number of pyridine rings is 1. The second-order valence-corrected chi connectivity index (χ2v) is 5.43. The van der Waals surface area contributed by atoms with Gasteiger partial charge in [-0.05, 0) is 30.2 Å². The zero-order valence-corrected chi connectivity index (χ0v) is 12.5. The molecule has 0 unspecified atom stereocenters. The summed E-state index contributed by atoms with van der Waals surface area (Å²) in [6.45, 7) is 0.589. The highest BCUT2D eigenvalue weighted by Gasteiger charge is 2.10. The second-order valence-electron chi connectivity index (χ2n) is 5.43. The van der Waals surface area contributed by atoms with Crippen LogP contribution in [0.3, 0.4) is 0 Å². The number of carbonyl (C=O) groups excluding carboxylic acids is 1. The van der Waals surface area contributed by atoms with Gasteiger partial charge in [-0.15, -0.1) is 0 Å². The zero-order valence-electron chi connectivity index (χ0n) is 12.5. The van der Waals surface area contributed by atoms with Crippen LogP contribution in [0.2, 0.25) is 0 Å². The van der Waals surface area contributed by atoms with Gasteiger partial charge in [0, 0.05) is 36.0 Å². The van der Waals surface area contributed by atoms with Gasteiger partial charge in [0.2, 0.25) is 0 Å². The van der Waals surface area contributed by atoms with E-state index in [-0.39, 0.29) is 5.91 Å². The van der Waals surface area contributed by atoms with Crippen molar-refractivity contribution >= 4 is 22.5 Å². The molecule has 5 heteroatoms. The molecular weight excluding hydrogens is 288 g/mol. The van der Waals surface area contributed by atoms with Gasteiger partial charge in [0.15, 0.2) is 0 Å². The smallest absolute Gasteiger partial charge is 0.268 e. The molecule has 3 heterocycles. The average molecular weight is 304 g/mol. The summed E-state index contributed by atoms with van der Waals surface area (Å²) < 4.78 is 1.79. The monoisotopic (exact) mass is 304 g/mol. The first kappa shape index (κ1) is 13.6. The normalized spacial score (nSPS) is 11.1. The maximum Gasteiger partial charge on any atom is 0.268 e. The van der Waals surface area contributed by atoms with Gasteiger partial charge in [0.05, 0.1) is 0 Å². The Balaban J connectivity index is 1.47. The molecule has 0 aliphatic rings. The van der Waals surface area contributed by atoms with Crippen LogP contribution in [0.5, 0.6) is 0 Å². The third-order valence-corrected chi connectivity index (χ3v) is 4.02. The highest BCUT2D eigenvalue weighted by Crippen LogP contribution is 2.17. The van der Waals surface area contributed by atoms with Crippen LogP contribution in [0.25, 0.3) is 16.6 Å². The van der Waals surface area contributed by atoms with Gasteiger partial charge in [-0.3, -0.25) is 9.20 Å². The van der Waals surface area contributed by atoms with Crippen molar-refractivity contribution in [3.63, 3.8) is 0 Å². The number of amides is 1. The quantitative estimate of drug-likeness (QED) is 0.609. The molecule has 1 aromatic carbocycles. The number of fused-ring (bicyclic) bond motifs is 2. The summed E-state index contributed by atoms with van der Waals surface area (Å²) in [7, 11) is 0.